The molecule has 0 saturated heterocycles. The molecule has 2 N–H and O–H groups in total. The average Bonchev–Trinajstić information content (AvgIpc) is 2.38. The Kier molecular flexibility index (Phi) is 4.25. The van der Waals surface area contributed by atoms with Crippen LogP contribution in [0.5, 0.6) is 5.75 Å². The molecule has 1 atom stereocenters. The lowest BCUT2D eigenvalue weighted by molar-refractivity contribution is 0.0313. The van der Waals surface area contributed by atoms with Gasteiger partial charge in [0.15, 0.2) is 0 Å². The monoisotopic (exact) mass is 249 g/mol. The molecule has 1 aromatic rings. The summed E-state index contributed by atoms with van der Waals surface area (Å²) < 4.78 is 11.5. The van der Waals surface area contributed by atoms with Gasteiger partial charge < -0.3 is 15.2 Å². The average molecular weight is 249 g/mol. The molecule has 0 saturated carbocycles. The van der Waals surface area contributed by atoms with Crippen LogP contribution in [0.4, 0.5) is 0 Å². The Morgan fingerprint density at radius 3 is 2.89 bits per heavy atom. The van der Waals surface area contributed by atoms with E-state index in [0.29, 0.717) is 13.2 Å². The molecule has 0 spiro atoms. The summed E-state index contributed by atoms with van der Waals surface area (Å²) >= 11 is 0. The summed E-state index contributed by atoms with van der Waals surface area (Å²) in [6.07, 6.45) is 2.22. The molecule has 1 aliphatic rings. The Labute approximate surface area is 109 Å². The maximum absolute atomic E-state index is 5.98. The zero-order chi connectivity index (χ0) is 13.0. The molecule has 1 unspecified atom stereocenters. The molecule has 3 heteroatoms. The van der Waals surface area contributed by atoms with Crippen LogP contribution in [0, 0.1) is 5.41 Å². The number of fused-ring (bicyclic) bond motifs is 1. The zero-order valence-electron chi connectivity index (χ0n) is 11.3. The van der Waals surface area contributed by atoms with Gasteiger partial charge in [0, 0.05) is 18.6 Å². The molecule has 100 valence electrons. The van der Waals surface area contributed by atoms with Crippen LogP contribution in [-0.2, 0) is 11.2 Å². The topological polar surface area (TPSA) is 44.5 Å². The van der Waals surface area contributed by atoms with Crippen molar-refractivity contribution in [2.45, 2.75) is 32.8 Å². The first-order chi connectivity index (χ1) is 8.65. The van der Waals surface area contributed by atoms with E-state index < -0.39 is 0 Å². The van der Waals surface area contributed by atoms with Gasteiger partial charge in [-0.05, 0) is 38.3 Å². The number of hydrogen-bond acceptors (Lipinski definition) is 3. The second-order valence-electron chi connectivity index (χ2n) is 5.45. The van der Waals surface area contributed by atoms with Crippen LogP contribution in [0.3, 0.4) is 0 Å². The van der Waals surface area contributed by atoms with Crippen LogP contribution >= 0.6 is 0 Å². The molecule has 0 fully saturated rings. The van der Waals surface area contributed by atoms with Gasteiger partial charge in [-0.25, -0.2) is 0 Å². The van der Waals surface area contributed by atoms with Crippen LogP contribution in [0.1, 0.15) is 25.8 Å². The van der Waals surface area contributed by atoms with Crippen LogP contribution in [0.15, 0.2) is 24.3 Å². The van der Waals surface area contributed by atoms with Crippen molar-refractivity contribution in [1.82, 2.24) is 0 Å². The molecule has 0 radical (unpaired) electrons. The van der Waals surface area contributed by atoms with Crippen molar-refractivity contribution in [3.63, 3.8) is 0 Å². The number of para-hydroxylation sites is 1. The molecule has 18 heavy (non-hydrogen) atoms. The maximum atomic E-state index is 5.98. The van der Waals surface area contributed by atoms with E-state index >= 15 is 0 Å². The summed E-state index contributed by atoms with van der Waals surface area (Å²) in [6.45, 7) is 6.20. The molecule has 0 bridgehead atoms. The minimum Gasteiger partial charge on any atom is -0.493 e. The van der Waals surface area contributed by atoms with Gasteiger partial charge >= 0.3 is 0 Å². The van der Waals surface area contributed by atoms with E-state index in [1.165, 1.54) is 5.56 Å². The second-order valence-corrected chi connectivity index (χ2v) is 5.45. The highest BCUT2D eigenvalue weighted by molar-refractivity contribution is 5.36. The van der Waals surface area contributed by atoms with Crippen molar-refractivity contribution in [3.8, 4) is 5.75 Å². The molecular formula is C15H23NO2. The van der Waals surface area contributed by atoms with Crippen molar-refractivity contribution in [2.75, 3.05) is 19.8 Å². The predicted molar refractivity (Wildman–Crippen MR) is 72.8 cm³/mol. The lowest BCUT2D eigenvalue weighted by atomic mass is 9.78. The zero-order valence-corrected chi connectivity index (χ0v) is 11.3. The van der Waals surface area contributed by atoms with E-state index in [4.69, 9.17) is 15.2 Å². The molecule has 3 nitrogen and oxygen atoms in total. The fraction of sp³-hybridized carbons (Fsp3) is 0.600. The molecule has 1 aromatic carbocycles. The van der Waals surface area contributed by atoms with E-state index in [2.05, 4.69) is 26.0 Å². The Hall–Kier alpha value is -1.06. The molecule has 2 rings (SSSR count). The van der Waals surface area contributed by atoms with Crippen molar-refractivity contribution < 1.29 is 9.47 Å². The van der Waals surface area contributed by atoms with E-state index in [0.717, 1.165) is 25.2 Å². The molecule has 1 aliphatic heterocycles. The first kappa shape index (κ1) is 13.4. The summed E-state index contributed by atoms with van der Waals surface area (Å²) in [7, 11) is 0. The van der Waals surface area contributed by atoms with E-state index in [-0.39, 0.29) is 11.5 Å². The smallest absolute Gasteiger partial charge is 0.122 e. The molecular weight excluding hydrogens is 226 g/mol. The Morgan fingerprint density at radius 1 is 1.39 bits per heavy atom. The van der Waals surface area contributed by atoms with Crippen LogP contribution < -0.4 is 10.5 Å². The maximum Gasteiger partial charge on any atom is 0.122 e. The highest BCUT2D eigenvalue weighted by atomic mass is 16.5. The van der Waals surface area contributed by atoms with Gasteiger partial charge in [0.2, 0.25) is 0 Å². The normalized spacial score (nSPS) is 22.7. The quantitative estimate of drug-likeness (QED) is 0.871. The number of nitrogens with two attached hydrogens (primary N) is 1. The summed E-state index contributed by atoms with van der Waals surface area (Å²) in [6, 6.07) is 8.22. The summed E-state index contributed by atoms with van der Waals surface area (Å²) in [5.74, 6) is 1.01. The molecule has 0 aliphatic carbocycles. The Bertz CT molecular complexity index is 392. The molecule has 0 amide bonds. The third-order valence-electron chi connectivity index (χ3n) is 3.59. The third kappa shape index (κ3) is 3.03. The fourth-order valence-corrected chi connectivity index (χ4v) is 2.38. The van der Waals surface area contributed by atoms with Gasteiger partial charge in [0.25, 0.3) is 0 Å². The molecule has 1 heterocycles. The van der Waals surface area contributed by atoms with Gasteiger partial charge in [-0.2, -0.15) is 0 Å². The van der Waals surface area contributed by atoms with Crippen LogP contribution in [0.25, 0.3) is 0 Å². The van der Waals surface area contributed by atoms with Crippen LogP contribution in [-0.4, -0.2) is 25.9 Å². The first-order valence-electron chi connectivity index (χ1n) is 6.68. The van der Waals surface area contributed by atoms with Crippen molar-refractivity contribution in [3.05, 3.63) is 29.8 Å². The number of rotatable bonds is 5. The van der Waals surface area contributed by atoms with Crippen LogP contribution in [0.2, 0.25) is 0 Å². The van der Waals surface area contributed by atoms with E-state index in [9.17, 15) is 0 Å². The first-order valence-corrected chi connectivity index (χ1v) is 6.68. The lowest BCUT2D eigenvalue weighted by Gasteiger charge is -2.37. The number of benzene rings is 1. The highest BCUT2D eigenvalue weighted by Gasteiger charge is 2.34. The Morgan fingerprint density at radius 2 is 2.17 bits per heavy atom. The second kappa shape index (κ2) is 5.72. The third-order valence-corrected chi connectivity index (χ3v) is 3.59. The lowest BCUT2D eigenvalue weighted by Crippen LogP contribution is -2.42. The summed E-state index contributed by atoms with van der Waals surface area (Å²) in [5.41, 5.74) is 7.27. The number of hydrogen-bond donors (Lipinski definition) is 1. The molecule has 0 aromatic heterocycles. The predicted octanol–water partition coefficient (Wildman–Crippen LogP) is 2.38. The fourth-order valence-electron chi connectivity index (χ4n) is 2.38. The largest absolute Gasteiger partial charge is 0.493 e. The van der Waals surface area contributed by atoms with Crippen molar-refractivity contribution >= 4 is 0 Å². The highest BCUT2D eigenvalue weighted by Crippen LogP contribution is 2.36. The van der Waals surface area contributed by atoms with Crippen molar-refractivity contribution in [1.29, 1.82) is 0 Å². The minimum absolute atomic E-state index is 0.0310. The van der Waals surface area contributed by atoms with Gasteiger partial charge in [0.1, 0.15) is 5.75 Å². The van der Waals surface area contributed by atoms with E-state index in [1.807, 2.05) is 12.1 Å². The van der Waals surface area contributed by atoms with Gasteiger partial charge in [-0.1, -0.05) is 18.2 Å². The summed E-state index contributed by atoms with van der Waals surface area (Å²) in [4.78, 5) is 0. The number of ether oxygens (including phenoxy) is 2. The van der Waals surface area contributed by atoms with Gasteiger partial charge in [0.05, 0.1) is 12.7 Å². The van der Waals surface area contributed by atoms with Gasteiger partial charge in [-0.3, -0.25) is 0 Å². The van der Waals surface area contributed by atoms with E-state index in [1.54, 1.807) is 0 Å². The van der Waals surface area contributed by atoms with Gasteiger partial charge in [-0.15, -0.1) is 0 Å². The minimum atomic E-state index is 0.0310. The van der Waals surface area contributed by atoms with Crippen molar-refractivity contribution in [2.24, 2.45) is 11.1 Å². The Balaban J connectivity index is 2.02. The standard InChI is InChI=1S/C15H23NO2/c1-12(2)17-8-7-15(10-16)9-13-5-3-4-6-14(13)18-11-15/h3-6,12H,7-11,16H2,1-2H3. The summed E-state index contributed by atoms with van der Waals surface area (Å²) in [5, 5.41) is 0. The SMILES string of the molecule is CC(C)OCCC1(CN)COc2ccccc2C1.